The minimum absolute atomic E-state index is 0.0356. The van der Waals surface area contributed by atoms with Crippen LogP contribution in [0.4, 0.5) is 11.5 Å². The molecule has 0 aliphatic carbocycles. The predicted octanol–water partition coefficient (Wildman–Crippen LogP) is 3.49. The normalized spacial score (nSPS) is 10.3. The van der Waals surface area contributed by atoms with Crippen LogP contribution in [0.15, 0.2) is 36.5 Å². The first-order chi connectivity index (χ1) is 10.6. The van der Waals surface area contributed by atoms with Crippen LogP contribution in [0.2, 0.25) is 0 Å². The Balaban J connectivity index is 1.76. The van der Waals surface area contributed by atoms with Gasteiger partial charge in [0.1, 0.15) is 17.8 Å². The average molecular weight is 301 g/mol. The number of hydrogen-bond donors (Lipinski definition) is 1. The number of rotatable bonds is 7. The number of para-hydroxylation sites is 1. The van der Waals surface area contributed by atoms with Gasteiger partial charge in [-0.15, -0.1) is 0 Å². The van der Waals surface area contributed by atoms with Crippen LogP contribution < -0.4 is 10.1 Å². The van der Waals surface area contributed by atoms with Crippen LogP contribution in [0.1, 0.15) is 17.5 Å². The molecule has 0 saturated heterocycles. The molecule has 0 bridgehead atoms. The molecule has 0 fully saturated rings. The van der Waals surface area contributed by atoms with Crippen LogP contribution in [-0.2, 0) is 0 Å². The summed E-state index contributed by atoms with van der Waals surface area (Å²) < 4.78 is 5.70. The largest absolute Gasteiger partial charge is 0.493 e. The van der Waals surface area contributed by atoms with E-state index in [4.69, 9.17) is 4.74 Å². The lowest BCUT2D eigenvalue weighted by Crippen LogP contribution is -2.09. The second-order valence-electron chi connectivity index (χ2n) is 5.01. The number of nitrogens with one attached hydrogen (secondary N) is 1. The Hall–Kier alpha value is -2.63. The maximum Gasteiger partial charge on any atom is 0.290 e. The van der Waals surface area contributed by atoms with Crippen molar-refractivity contribution in [2.75, 3.05) is 18.5 Å². The summed E-state index contributed by atoms with van der Waals surface area (Å²) in [6.45, 7) is 5.00. The van der Waals surface area contributed by atoms with Gasteiger partial charge in [0, 0.05) is 12.1 Å². The summed E-state index contributed by atoms with van der Waals surface area (Å²) in [5.41, 5.74) is 1.75. The molecule has 1 heterocycles. The predicted molar refractivity (Wildman–Crippen MR) is 85.4 cm³/mol. The van der Waals surface area contributed by atoms with Crippen molar-refractivity contribution in [1.29, 1.82) is 0 Å². The summed E-state index contributed by atoms with van der Waals surface area (Å²) >= 11 is 0. The fourth-order valence-electron chi connectivity index (χ4n) is 2.03. The van der Waals surface area contributed by atoms with E-state index in [9.17, 15) is 10.1 Å². The second kappa shape index (κ2) is 7.40. The Morgan fingerprint density at radius 2 is 2.05 bits per heavy atom. The second-order valence-corrected chi connectivity index (χ2v) is 5.01. The molecule has 0 saturated carbocycles. The fourth-order valence-corrected chi connectivity index (χ4v) is 2.03. The Kier molecular flexibility index (Phi) is 5.30. The van der Waals surface area contributed by atoms with Gasteiger partial charge in [-0.05, 0) is 38.0 Å². The lowest BCUT2D eigenvalue weighted by Gasteiger charge is -2.09. The Bertz CT molecular complexity index is 659. The number of benzene rings is 1. The first-order valence-corrected chi connectivity index (χ1v) is 7.11. The maximum absolute atomic E-state index is 10.7. The number of nitrogens with zero attached hydrogens (tertiary/aromatic N) is 2. The highest BCUT2D eigenvalue weighted by molar-refractivity contribution is 5.46. The molecule has 0 radical (unpaired) electrons. The third-order valence-electron chi connectivity index (χ3n) is 3.26. The zero-order chi connectivity index (χ0) is 15.9. The van der Waals surface area contributed by atoms with Crippen molar-refractivity contribution in [3.63, 3.8) is 0 Å². The molecule has 0 aliphatic rings. The van der Waals surface area contributed by atoms with Gasteiger partial charge in [0.15, 0.2) is 0 Å². The molecule has 116 valence electrons. The molecule has 0 aliphatic heterocycles. The number of ether oxygens (including phenoxy) is 1. The molecule has 22 heavy (non-hydrogen) atoms. The van der Waals surface area contributed by atoms with Crippen molar-refractivity contribution in [2.24, 2.45) is 0 Å². The molecular formula is C16H19N3O3. The third-order valence-corrected chi connectivity index (χ3v) is 3.26. The van der Waals surface area contributed by atoms with Crippen molar-refractivity contribution >= 4 is 11.5 Å². The monoisotopic (exact) mass is 301 g/mol. The van der Waals surface area contributed by atoms with E-state index in [0.717, 1.165) is 17.7 Å². The minimum atomic E-state index is -0.428. The number of nitro groups is 1. The number of aryl methyl sites for hydroxylation is 2. The van der Waals surface area contributed by atoms with Gasteiger partial charge in [-0.1, -0.05) is 18.2 Å². The van der Waals surface area contributed by atoms with Crippen molar-refractivity contribution in [1.82, 2.24) is 4.98 Å². The summed E-state index contributed by atoms with van der Waals surface area (Å²) in [4.78, 5) is 14.3. The van der Waals surface area contributed by atoms with Gasteiger partial charge in [0.2, 0.25) is 0 Å². The van der Waals surface area contributed by atoms with E-state index >= 15 is 0 Å². The van der Waals surface area contributed by atoms with Gasteiger partial charge >= 0.3 is 0 Å². The lowest BCUT2D eigenvalue weighted by atomic mass is 10.2. The summed E-state index contributed by atoms with van der Waals surface area (Å²) in [5, 5.41) is 13.9. The fraction of sp³-hybridized carbons (Fsp3) is 0.312. The van der Waals surface area contributed by atoms with E-state index in [2.05, 4.69) is 10.3 Å². The number of pyridine rings is 1. The highest BCUT2D eigenvalue weighted by Crippen LogP contribution is 2.19. The minimum Gasteiger partial charge on any atom is -0.493 e. The van der Waals surface area contributed by atoms with E-state index in [1.165, 1.54) is 6.20 Å². The molecule has 1 N–H and O–H groups in total. The zero-order valence-electron chi connectivity index (χ0n) is 12.7. The molecule has 2 rings (SSSR count). The highest BCUT2D eigenvalue weighted by Gasteiger charge is 2.10. The van der Waals surface area contributed by atoms with E-state index in [1.54, 1.807) is 13.0 Å². The Morgan fingerprint density at radius 1 is 1.27 bits per heavy atom. The van der Waals surface area contributed by atoms with E-state index in [-0.39, 0.29) is 5.69 Å². The molecule has 0 atom stereocenters. The van der Waals surface area contributed by atoms with Gasteiger partial charge in [0.05, 0.1) is 11.5 Å². The molecule has 6 heteroatoms. The van der Waals surface area contributed by atoms with Crippen LogP contribution in [0.5, 0.6) is 5.75 Å². The number of anilines is 1. The summed E-state index contributed by atoms with van der Waals surface area (Å²) in [6, 6.07) is 9.57. The van der Waals surface area contributed by atoms with Crippen LogP contribution in [0, 0.1) is 24.0 Å². The molecular weight excluding hydrogens is 282 g/mol. The maximum atomic E-state index is 10.7. The van der Waals surface area contributed by atoms with Gasteiger partial charge in [0.25, 0.3) is 5.69 Å². The molecule has 2 aromatic rings. The molecule has 1 aromatic carbocycles. The standard InChI is InChI=1S/C16H19N3O3/c1-12-6-3-4-7-15(12)22-9-5-8-17-16-10-13(2)14(11-18-16)19(20)21/h3-4,6-7,10-11H,5,8-9H2,1-2H3,(H,17,18). The van der Waals surface area contributed by atoms with Gasteiger partial charge in [-0.25, -0.2) is 4.98 Å². The number of aromatic nitrogens is 1. The molecule has 0 amide bonds. The van der Waals surface area contributed by atoms with E-state index < -0.39 is 4.92 Å². The van der Waals surface area contributed by atoms with Crippen molar-refractivity contribution in [3.05, 3.63) is 57.8 Å². The summed E-state index contributed by atoms with van der Waals surface area (Å²) in [6.07, 6.45) is 2.09. The van der Waals surface area contributed by atoms with Gasteiger partial charge < -0.3 is 10.1 Å². The smallest absolute Gasteiger partial charge is 0.290 e. The quantitative estimate of drug-likeness (QED) is 0.481. The van der Waals surface area contributed by atoms with Gasteiger partial charge in [-0.3, -0.25) is 10.1 Å². The Morgan fingerprint density at radius 3 is 2.73 bits per heavy atom. The molecule has 6 nitrogen and oxygen atoms in total. The van der Waals surface area contributed by atoms with Crippen molar-refractivity contribution < 1.29 is 9.66 Å². The summed E-state index contributed by atoms with van der Waals surface area (Å²) in [5.74, 6) is 1.53. The van der Waals surface area contributed by atoms with Gasteiger partial charge in [-0.2, -0.15) is 0 Å². The van der Waals surface area contributed by atoms with Crippen LogP contribution >= 0.6 is 0 Å². The average Bonchev–Trinajstić information content (AvgIpc) is 2.48. The van der Waals surface area contributed by atoms with Crippen molar-refractivity contribution in [2.45, 2.75) is 20.3 Å². The Labute approximate surface area is 129 Å². The summed E-state index contributed by atoms with van der Waals surface area (Å²) in [7, 11) is 0. The van der Waals surface area contributed by atoms with E-state index in [1.807, 2.05) is 31.2 Å². The number of hydrogen-bond acceptors (Lipinski definition) is 5. The first kappa shape index (κ1) is 15.8. The lowest BCUT2D eigenvalue weighted by molar-refractivity contribution is -0.385. The molecule has 0 unspecified atom stereocenters. The SMILES string of the molecule is Cc1ccccc1OCCCNc1cc(C)c([N+](=O)[O-])cn1. The highest BCUT2D eigenvalue weighted by atomic mass is 16.6. The zero-order valence-corrected chi connectivity index (χ0v) is 12.7. The molecule has 0 spiro atoms. The molecule has 1 aromatic heterocycles. The van der Waals surface area contributed by atoms with Crippen LogP contribution in [0.3, 0.4) is 0 Å². The van der Waals surface area contributed by atoms with E-state index in [0.29, 0.717) is 24.5 Å². The topological polar surface area (TPSA) is 77.3 Å². The van der Waals surface area contributed by atoms with Crippen LogP contribution in [-0.4, -0.2) is 23.1 Å². The van der Waals surface area contributed by atoms with Crippen molar-refractivity contribution in [3.8, 4) is 5.75 Å². The third kappa shape index (κ3) is 4.18. The van der Waals surface area contributed by atoms with Crippen LogP contribution in [0.25, 0.3) is 0 Å². The first-order valence-electron chi connectivity index (χ1n) is 7.11.